The van der Waals surface area contributed by atoms with E-state index in [1.165, 1.54) is 0 Å². The van der Waals surface area contributed by atoms with Gasteiger partial charge in [-0.05, 0) is 20.8 Å². The molecule has 0 aromatic heterocycles. The molecular formula is C8H15NO2. The van der Waals surface area contributed by atoms with Crippen molar-refractivity contribution in [2.45, 2.75) is 33.0 Å². The van der Waals surface area contributed by atoms with E-state index < -0.39 is 0 Å². The number of likely N-dealkylation sites (N-methyl/N-ethyl adjacent to an activating group) is 1. The Morgan fingerprint density at radius 2 is 1.91 bits per heavy atom. The van der Waals surface area contributed by atoms with Crippen molar-refractivity contribution in [1.29, 1.82) is 0 Å². The molecule has 64 valence electrons. The Hall–Kier alpha value is -0.570. The van der Waals surface area contributed by atoms with Gasteiger partial charge in [-0.2, -0.15) is 0 Å². The molecule has 1 aliphatic rings. The third kappa shape index (κ3) is 1.71. The van der Waals surface area contributed by atoms with E-state index >= 15 is 0 Å². The van der Waals surface area contributed by atoms with Gasteiger partial charge < -0.3 is 9.64 Å². The Labute approximate surface area is 67.3 Å². The number of carbonyl (C=O) groups is 1. The van der Waals surface area contributed by atoms with E-state index in [2.05, 4.69) is 0 Å². The van der Waals surface area contributed by atoms with Crippen molar-refractivity contribution < 1.29 is 9.53 Å². The topological polar surface area (TPSA) is 32.8 Å². The second-order valence-electron chi connectivity index (χ2n) is 2.77. The fourth-order valence-electron chi connectivity index (χ4n) is 1.16. The second-order valence-corrected chi connectivity index (χ2v) is 2.77. The quantitative estimate of drug-likeness (QED) is 0.563. The van der Waals surface area contributed by atoms with Gasteiger partial charge in [0.1, 0.15) is 0 Å². The van der Waals surface area contributed by atoms with E-state index in [-0.39, 0.29) is 18.1 Å². The highest BCUT2D eigenvalue weighted by molar-refractivity contribution is 5.83. The zero-order valence-electron chi connectivity index (χ0n) is 7.33. The van der Waals surface area contributed by atoms with Crippen molar-refractivity contribution in [1.82, 2.24) is 4.90 Å². The summed E-state index contributed by atoms with van der Waals surface area (Å²) >= 11 is 0. The molecule has 0 aromatic carbocycles. The molecule has 0 radical (unpaired) electrons. The maximum Gasteiger partial charge on any atom is 0.254 e. The Morgan fingerprint density at radius 3 is 2.18 bits per heavy atom. The standard InChI is InChI=1S/C8H15NO2/c1-4-9(5-2)8(10)7-6(3)11-7/h6-7H,4-5H2,1-3H3. The molecule has 0 N–H and O–H groups in total. The van der Waals surface area contributed by atoms with E-state index in [1.807, 2.05) is 20.8 Å². The summed E-state index contributed by atoms with van der Waals surface area (Å²) in [6.45, 7) is 7.44. The van der Waals surface area contributed by atoms with Crippen LogP contribution in [0.5, 0.6) is 0 Å². The van der Waals surface area contributed by atoms with Crippen LogP contribution in [0.2, 0.25) is 0 Å². The number of hydrogen-bond donors (Lipinski definition) is 0. The molecule has 1 heterocycles. The van der Waals surface area contributed by atoms with Gasteiger partial charge in [0.25, 0.3) is 5.91 Å². The fraction of sp³-hybridized carbons (Fsp3) is 0.875. The highest BCUT2D eigenvalue weighted by Crippen LogP contribution is 2.22. The van der Waals surface area contributed by atoms with Crippen LogP contribution >= 0.6 is 0 Å². The van der Waals surface area contributed by atoms with Crippen LogP contribution in [0.1, 0.15) is 20.8 Å². The van der Waals surface area contributed by atoms with Crippen molar-refractivity contribution >= 4 is 5.91 Å². The van der Waals surface area contributed by atoms with Crippen molar-refractivity contribution in [3.63, 3.8) is 0 Å². The average Bonchev–Trinajstić information content (AvgIpc) is 2.69. The zero-order valence-corrected chi connectivity index (χ0v) is 7.33. The first-order valence-corrected chi connectivity index (χ1v) is 4.15. The van der Waals surface area contributed by atoms with Gasteiger partial charge in [-0.1, -0.05) is 0 Å². The summed E-state index contributed by atoms with van der Waals surface area (Å²) in [4.78, 5) is 13.2. The Kier molecular flexibility index (Phi) is 2.49. The lowest BCUT2D eigenvalue weighted by atomic mass is 10.3. The monoisotopic (exact) mass is 157 g/mol. The SMILES string of the molecule is CCN(CC)C(=O)C1OC1C. The van der Waals surface area contributed by atoms with Crippen LogP contribution in [0.3, 0.4) is 0 Å². The van der Waals surface area contributed by atoms with Gasteiger partial charge in [0.05, 0.1) is 6.10 Å². The molecule has 1 saturated heterocycles. The van der Waals surface area contributed by atoms with E-state index in [4.69, 9.17) is 4.74 Å². The van der Waals surface area contributed by atoms with Gasteiger partial charge in [-0.25, -0.2) is 0 Å². The van der Waals surface area contributed by atoms with E-state index in [0.717, 1.165) is 13.1 Å². The van der Waals surface area contributed by atoms with Crippen LogP contribution in [0.25, 0.3) is 0 Å². The van der Waals surface area contributed by atoms with Gasteiger partial charge in [0, 0.05) is 13.1 Å². The van der Waals surface area contributed by atoms with Gasteiger partial charge in [-0.15, -0.1) is 0 Å². The Morgan fingerprint density at radius 1 is 1.45 bits per heavy atom. The molecule has 2 atom stereocenters. The normalized spacial score (nSPS) is 28.3. The summed E-state index contributed by atoms with van der Waals surface area (Å²) in [6.07, 6.45) is -0.00185. The number of nitrogens with zero attached hydrogens (tertiary/aromatic N) is 1. The number of ether oxygens (including phenoxy) is 1. The lowest BCUT2D eigenvalue weighted by Gasteiger charge is -2.16. The van der Waals surface area contributed by atoms with Crippen molar-refractivity contribution in [2.75, 3.05) is 13.1 Å². The van der Waals surface area contributed by atoms with Crippen molar-refractivity contribution in [2.24, 2.45) is 0 Å². The van der Waals surface area contributed by atoms with Gasteiger partial charge in [0.2, 0.25) is 0 Å². The minimum atomic E-state index is -0.144. The van der Waals surface area contributed by atoms with Crippen molar-refractivity contribution in [3.05, 3.63) is 0 Å². The van der Waals surface area contributed by atoms with E-state index in [1.54, 1.807) is 4.90 Å². The Bertz CT molecular complexity index is 154. The van der Waals surface area contributed by atoms with Crippen LogP contribution in [-0.4, -0.2) is 36.1 Å². The fourth-order valence-corrected chi connectivity index (χ4v) is 1.16. The molecule has 3 heteroatoms. The van der Waals surface area contributed by atoms with Gasteiger partial charge in [-0.3, -0.25) is 4.79 Å². The molecule has 3 nitrogen and oxygen atoms in total. The molecule has 11 heavy (non-hydrogen) atoms. The number of amides is 1. The summed E-state index contributed by atoms with van der Waals surface area (Å²) < 4.78 is 5.07. The second kappa shape index (κ2) is 3.22. The average molecular weight is 157 g/mol. The number of hydrogen-bond acceptors (Lipinski definition) is 2. The summed E-state index contributed by atoms with van der Waals surface area (Å²) in [5.41, 5.74) is 0. The molecule has 0 saturated carbocycles. The molecule has 1 amide bonds. The maximum atomic E-state index is 11.4. The zero-order chi connectivity index (χ0) is 8.43. The summed E-state index contributed by atoms with van der Waals surface area (Å²) in [5, 5.41) is 0. The summed E-state index contributed by atoms with van der Waals surface area (Å²) in [7, 11) is 0. The number of epoxide rings is 1. The maximum absolute atomic E-state index is 11.4. The first kappa shape index (κ1) is 8.53. The molecule has 0 aromatic rings. The lowest BCUT2D eigenvalue weighted by Crippen LogP contribution is -2.34. The minimum Gasteiger partial charge on any atom is -0.359 e. The molecular weight excluding hydrogens is 142 g/mol. The number of carbonyl (C=O) groups excluding carboxylic acids is 1. The molecule has 1 fully saturated rings. The van der Waals surface area contributed by atoms with E-state index in [0.29, 0.717) is 0 Å². The van der Waals surface area contributed by atoms with Crippen LogP contribution in [0.15, 0.2) is 0 Å². The smallest absolute Gasteiger partial charge is 0.254 e. The van der Waals surface area contributed by atoms with Crippen LogP contribution in [0, 0.1) is 0 Å². The molecule has 1 aliphatic heterocycles. The summed E-state index contributed by atoms with van der Waals surface area (Å²) in [6, 6.07) is 0. The summed E-state index contributed by atoms with van der Waals surface area (Å²) in [5.74, 6) is 0.141. The minimum absolute atomic E-state index is 0.141. The predicted molar refractivity (Wildman–Crippen MR) is 42.3 cm³/mol. The van der Waals surface area contributed by atoms with Gasteiger partial charge >= 0.3 is 0 Å². The largest absolute Gasteiger partial charge is 0.359 e. The van der Waals surface area contributed by atoms with Crippen LogP contribution in [-0.2, 0) is 9.53 Å². The first-order valence-electron chi connectivity index (χ1n) is 4.15. The molecule has 1 rings (SSSR count). The lowest BCUT2D eigenvalue weighted by molar-refractivity contribution is -0.132. The molecule has 0 spiro atoms. The molecule has 0 aliphatic carbocycles. The number of rotatable bonds is 3. The van der Waals surface area contributed by atoms with Crippen molar-refractivity contribution in [3.8, 4) is 0 Å². The first-order chi connectivity index (χ1) is 5.20. The Balaban J connectivity index is 2.39. The van der Waals surface area contributed by atoms with Gasteiger partial charge in [0.15, 0.2) is 6.10 Å². The predicted octanol–water partition coefficient (Wildman–Crippen LogP) is 0.642. The third-order valence-corrected chi connectivity index (χ3v) is 2.03. The molecule has 0 bridgehead atoms. The highest BCUT2D eigenvalue weighted by Gasteiger charge is 2.42. The third-order valence-electron chi connectivity index (χ3n) is 2.03. The van der Waals surface area contributed by atoms with E-state index in [9.17, 15) is 4.79 Å². The highest BCUT2D eigenvalue weighted by atomic mass is 16.6. The van der Waals surface area contributed by atoms with Crippen LogP contribution < -0.4 is 0 Å². The molecule has 2 unspecified atom stereocenters. The van der Waals surface area contributed by atoms with Crippen LogP contribution in [0.4, 0.5) is 0 Å².